The van der Waals surface area contributed by atoms with Crippen molar-refractivity contribution in [2.24, 2.45) is 0 Å². The molecule has 2 aliphatic heterocycles. The Bertz CT molecular complexity index is 1810. The lowest BCUT2D eigenvalue weighted by molar-refractivity contribution is 0.176. The second kappa shape index (κ2) is 11.6. The molecule has 2 atom stereocenters. The third-order valence-corrected chi connectivity index (χ3v) is 8.80. The van der Waals surface area contributed by atoms with E-state index in [2.05, 4.69) is 175 Å². The van der Waals surface area contributed by atoms with E-state index < -0.39 is 0 Å². The van der Waals surface area contributed by atoms with Crippen LogP contribution >= 0.6 is 0 Å². The molecule has 7 rings (SSSR count). The lowest BCUT2D eigenvalue weighted by atomic mass is 9.92. The predicted octanol–water partition coefficient (Wildman–Crippen LogP) is 8.00. The molecule has 0 bridgehead atoms. The Hall–Kier alpha value is -4.64. The van der Waals surface area contributed by atoms with Crippen LogP contribution in [0.2, 0.25) is 0 Å². The van der Waals surface area contributed by atoms with E-state index in [4.69, 9.17) is 0 Å². The van der Waals surface area contributed by atoms with Gasteiger partial charge in [-0.3, -0.25) is 9.80 Å². The minimum atomic E-state index is -0.0262. The number of hydrogen-bond acceptors (Lipinski definition) is 4. The zero-order valence-corrected chi connectivity index (χ0v) is 25.1. The van der Waals surface area contributed by atoms with Gasteiger partial charge in [0.15, 0.2) is 0 Å². The van der Waals surface area contributed by atoms with E-state index in [-0.39, 0.29) is 12.2 Å². The van der Waals surface area contributed by atoms with Crippen molar-refractivity contribution in [3.05, 3.63) is 156 Å². The average molecular weight is 563 g/mol. The number of rotatable bonds is 5. The summed E-state index contributed by atoms with van der Waals surface area (Å²) >= 11 is 0. The van der Waals surface area contributed by atoms with Gasteiger partial charge in [-0.15, -0.1) is 0 Å². The molecule has 5 aromatic carbocycles. The highest BCUT2D eigenvalue weighted by Crippen LogP contribution is 2.39. The molecule has 0 radical (unpaired) electrons. The second-order valence-corrected chi connectivity index (χ2v) is 11.9. The quantitative estimate of drug-likeness (QED) is 0.234. The van der Waals surface area contributed by atoms with E-state index in [9.17, 15) is 0 Å². The highest BCUT2D eigenvalue weighted by Gasteiger charge is 2.31. The zero-order chi connectivity index (χ0) is 29.3. The van der Waals surface area contributed by atoms with Crippen molar-refractivity contribution in [3.8, 4) is 11.1 Å². The van der Waals surface area contributed by atoms with E-state index in [0.29, 0.717) is 0 Å². The fourth-order valence-electron chi connectivity index (χ4n) is 6.56. The Kier molecular flexibility index (Phi) is 7.32. The van der Waals surface area contributed by atoms with Crippen molar-refractivity contribution < 1.29 is 0 Å². The van der Waals surface area contributed by atoms with Gasteiger partial charge >= 0.3 is 0 Å². The van der Waals surface area contributed by atoms with Gasteiger partial charge in [0.25, 0.3) is 0 Å². The highest BCUT2D eigenvalue weighted by atomic mass is 15.3. The van der Waals surface area contributed by atoms with E-state index in [0.717, 1.165) is 18.9 Å². The fraction of sp³-hybridized carbons (Fsp3) is 0.179. The first-order valence-corrected chi connectivity index (χ1v) is 15.1. The summed E-state index contributed by atoms with van der Waals surface area (Å²) in [7, 11) is 6.59. The van der Waals surface area contributed by atoms with Crippen LogP contribution in [0.15, 0.2) is 133 Å². The number of fused-ring (bicyclic) bond motifs is 1. The Labute approximate surface area is 255 Å². The van der Waals surface area contributed by atoms with Gasteiger partial charge < -0.3 is 10.2 Å². The molecule has 4 heteroatoms. The summed E-state index contributed by atoms with van der Waals surface area (Å²) in [6.07, 6.45) is 4.69. The maximum Gasteiger partial charge on any atom is 0.106 e. The molecule has 4 nitrogen and oxygen atoms in total. The molecular formula is C39H38N4. The van der Waals surface area contributed by atoms with Crippen molar-refractivity contribution in [2.75, 3.05) is 34.4 Å². The zero-order valence-electron chi connectivity index (χ0n) is 25.1. The smallest absolute Gasteiger partial charge is 0.106 e. The summed E-state index contributed by atoms with van der Waals surface area (Å²) in [5, 5.41) is 6.46. The maximum atomic E-state index is 3.94. The van der Waals surface area contributed by atoms with Crippen LogP contribution in [-0.4, -0.2) is 49.1 Å². The van der Waals surface area contributed by atoms with Gasteiger partial charge in [-0.25, -0.2) is 0 Å². The number of benzene rings is 5. The summed E-state index contributed by atoms with van der Waals surface area (Å²) in [6, 6.07) is 44.2. The highest BCUT2D eigenvalue weighted by molar-refractivity contribution is 5.88. The molecule has 43 heavy (non-hydrogen) atoms. The first kappa shape index (κ1) is 27.2. The van der Waals surface area contributed by atoms with Gasteiger partial charge in [-0.05, 0) is 94.7 Å². The standard InChI is InChI=1S/C39H38N4/c1-41-21-20-37(42(2)27-41)34-23-33(32-19-18-28-12-10-11-17-31(28)22-32)24-35(25-34)39-40-36(29-13-6-4-7-14-29)26-38(43(39)3)30-15-8-5-9-16-30/h4-20,22-26,38-40H,21,27H2,1-3H3. The Morgan fingerprint density at radius 1 is 0.605 bits per heavy atom. The summed E-state index contributed by atoms with van der Waals surface area (Å²) < 4.78 is 0. The molecule has 2 unspecified atom stereocenters. The third-order valence-electron chi connectivity index (χ3n) is 8.80. The Balaban J connectivity index is 1.38. The Morgan fingerprint density at radius 2 is 1.30 bits per heavy atom. The molecule has 0 fully saturated rings. The summed E-state index contributed by atoms with van der Waals surface area (Å²) in [5.74, 6) is 0. The molecule has 2 aliphatic rings. The largest absolute Gasteiger partial charge is 0.366 e. The van der Waals surface area contributed by atoms with Crippen LogP contribution in [0.25, 0.3) is 33.3 Å². The normalized spacial score (nSPS) is 19.6. The van der Waals surface area contributed by atoms with Gasteiger partial charge in [0, 0.05) is 25.0 Å². The first-order valence-electron chi connectivity index (χ1n) is 15.1. The Morgan fingerprint density at radius 3 is 2.07 bits per heavy atom. The molecule has 0 amide bonds. The minimum absolute atomic E-state index is 0.0262. The van der Waals surface area contributed by atoms with Gasteiger partial charge in [0.05, 0.1) is 12.7 Å². The van der Waals surface area contributed by atoms with E-state index >= 15 is 0 Å². The molecule has 214 valence electrons. The molecule has 0 saturated heterocycles. The van der Waals surface area contributed by atoms with Gasteiger partial charge in [-0.1, -0.05) is 97.1 Å². The van der Waals surface area contributed by atoms with Crippen LogP contribution < -0.4 is 5.32 Å². The van der Waals surface area contributed by atoms with Crippen LogP contribution in [0.5, 0.6) is 0 Å². The van der Waals surface area contributed by atoms with Crippen LogP contribution in [0, 0.1) is 0 Å². The number of hydrogen-bond donors (Lipinski definition) is 1. The SMILES string of the molecule is CN1CC=C(c2cc(-c3ccc4ccccc4c3)cc(C3NC(c4ccccc4)=CC(c4ccccc4)N3C)c2)N(C)C1. The van der Waals surface area contributed by atoms with Crippen LogP contribution in [0.4, 0.5) is 0 Å². The van der Waals surface area contributed by atoms with Crippen molar-refractivity contribution in [1.82, 2.24) is 20.0 Å². The predicted molar refractivity (Wildman–Crippen MR) is 180 cm³/mol. The topological polar surface area (TPSA) is 21.8 Å². The minimum Gasteiger partial charge on any atom is -0.366 e. The lowest BCUT2D eigenvalue weighted by Gasteiger charge is -2.41. The van der Waals surface area contributed by atoms with Gasteiger partial charge in [-0.2, -0.15) is 0 Å². The van der Waals surface area contributed by atoms with Crippen molar-refractivity contribution in [1.29, 1.82) is 0 Å². The molecule has 0 saturated carbocycles. The summed E-state index contributed by atoms with van der Waals surface area (Å²) in [6.45, 7) is 1.84. The van der Waals surface area contributed by atoms with Crippen LogP contribution in [0.3, 0.4) is 0 Å². The van der Waals surface area contributed by atoms with Gasteiger partial charge in [0.1, 0.15) is 6.17 Å². The number of likely N-dealkylation sites (N-methyl/N-ethyl adjacent to an activating group) is 2. The molecule has 2 heterocycles. The van der Waals surface area contributed by atoms with E-state index in [1.807, 2.05) is 0 Å². The molecular weight excluding hydrogens is 524 g/mol. The maximum absolute atomic E-state index is 3.94. The monoisotopic (exact) mass is 562 g/mol. The molecule has 1 N–H and O–H groups in total. The molecule has 5 aromatic rings. The van der Waals surface area contributed by atoms with Crippen molar-refractivity contribution in [2.45, 2.75) is 12.2 Å². The number of nitrogens with zero attached hydrogens (tertiary/aromatic N) is 3. The molecule has 0 aromatic heterocycles. The first-order chi connectivity index (χ1) is 21.0. The van der Waals surface area contributed by atoms with Crippen LogP contribution in [-0.2, 0) is 0 Å². The van der Waals surface area contributed by atoms with Crippen molar-refractivity contribution >= 4 is 22.2 Å². The number of nitrogens with one attached hydrogen (secondary N) is 1. The fourth-order valence-corrected chi connectivity index (χ4v) is 6.56. The average Bonchev–Trinajstić information content (AvgIpc) is 3.05. The van der Waals surface area contributed by atoms with E-state index in [1.165, 1.54) is 49.9 Å². The van der Waals surface area contributed by atoms with Gasteiger partial charge in [0.2, 0.25) is 0 Å². The third kappa shape index (κ3) is 5.48. The summed E-state index contributed by atoms with van der Waals surface area (Å²) in [5.41, 5.74) is 9.88. The lowest BCUT2D eigenvalue weighted by Crippen LogP contribution is -2.41. The van der Waals surface area contributed by atoms with E-state index in [1.54, 1.807) is 0 Å². The van der Waals surface area contributed by atoms with Crippen molar-refractivity contribution in [3.63, 3.8) is 0 Å². The second-order valence-electron chi connectivity index (χ2n) is 11.9. The summed E-state index contributed by atoms with van der Waals surface area (Å²) in [4.78, 5) is 7.14. The molecule has 0 spiro atoms. The van der Waals surface area contributed by atoms with Crippen LogP contribution in [0.1, 0.15) is 34.5 Å². The molecule has 0 aliphatic carbocycles.